The summed E-state index contributed by atoms with van der Waals surface area (Å²) in [5, 5.41) is 4.28. The van der Waals surface area contributed by atoms with Gasteiger partial charge in [0.2, 0.25) is 5.28 Å². The molecule has 0 atom stereocenters. The van der Waals surface area contributed by atoms with Crippen LogP contribution in [0.1, 0.15) is 24.4 Å². The molecule has 2 heterocycles. The van der Waals surface area contributed by atoms with Crippen LogP contribution in [0.5, 0.6) is 0 Å². The molecule has 0 amide bonds. The predicted octanol–water partition coefficient (Wildman–Crippen LogP) is 2.28. The zero-order valence-electron chi connectivity index (χ0n) is 10.8. The van der Waals surface area contributed by atoms with E-state index in [9.17, 15) is 4.79 Å². The van der Waals surface area contributed by atoms with Gasteiger partial charge in [-0.05, 0) is 56.1 Å². The van der Waals surface area contributed by atoms with Crippen LogP contribution >= 0.6 is 11.6 Å². The first-order chi connectivity index (χ1) is 9.18. The number of nitrogens with one attached hydrogen (secondary N) is 1. The van der Waals surface area contributed by atoms with Crippen molar-refractivity contribution in [1.29, 1.82) is 0 Å². The molecule has 0 saturated carbocycles. The second-order valence-electron chi connectivity index (χ2n) is 5.01. The van der Waals surface area contributed by atoms with Crippen molar-refractivity contribution < 1.29 is 0 Å². The van der Waals surface area contributed by atoms with Crippen molar-refractivity contribution in [2.75, 3.05) is 13.1 Å². The summed E-state index contributed by atoms with van der Waals surface area (Å²) >= 11 is 6.23. The van der Waals surface area contributed by atoms with E-state index >= 15 is 0 Å². The van der Waals surface area contributed by atoms with Gasteiger partial charge in [-0.2, -0.15) is 0 Å². The zero-order chi connectivity index (χ0) is 13.4. The Bertz CT molecular complexity index is 674. The summed E-state index contributed by atoms with van der Waals surface area (Å²) in [6.45, 7) is 3.77. The van der Waals surface area contributed by atoms with Crippen LogP contribution in [0.2, 0.25) is 5.28 Å². The van der Waals surface area contributed by atoms with Crippen molar-refractivity contribution >= 4 is 22.5 Å². The van der Waals surface area contributed by atoms with Crippen LogP contribution in [0, 0.1) is 6.92 Å². The number of hydrogen-bond donors (Lipinski definition) is 1. The number of rotatable bonds is 1. The van der Waals surface area contributed by atoms with E-state index in [2.05, 4.69) is 10.3 Å². The van der Waals surface area contributed by atoms with Gasteiger partial charge in [0, 0.05) is 6.04 Å². The van der Waals surface area contributed by atoms with Crippen molar-refractivity contribution in [1.82, 2.24) is 14.9 Å². The van der Waals surface area contributed by atoms with Crippen LogP contribution in [0.15, 0.2) is 23.0 Å². The highest BCUT2D eigenvalue weighted by molar-refractivity contribution is 6.28. The number of halogens is 1. The molecule has 1 saturated heterocycles. The van der Waals surface area contributed by atoms with Crippen molar-refractivity contribution in [3.05, 3.63) is 39.4 Å². The fraction of sp³-hybridized carbons (Fsp3) is 0.429. The predicted molar refractivity (Wildman–Crippen MR) is 76.9 cm³/mol. The topological polar surface area (TPSA) is 46.9 Å². The molecule has 3 rings (SSSR count). The van der Waals surface area contributed by atoms with E-state index in [1.807, 2.05) is 25.1 Å². The van der Waals surface area contributed by atoms with Crippen molar-refractivity contribution in [3.8, 4) is 0 Å². The van der Waals surface area contributed by atoms with Crippen LogP contribution in [0.3, 0.4) is 0 Å². The smallest absolute Gasteiger partial charge is 0.262 e. The van der Waals surface area contributed by atoms with E-state index in [1.165, 1.54) is 0 Å². The van der Waals surface area contributed by atoms with E-state index in [1.54, 1.807) is 4.57 Å². The lowest BCUT2D eigenvalue weighted by molar-refractivity contribution is 0.360. The van der Waals surface area contributed by atoms with Gasteiger partial charge in [-0.1, -0.05) is 12.1 Å². The molecule has 100 valence electrons. The molecule has 19 heavy (non-hydrogen) atoms. The van der Waals surface area contributed by atoms with Crippen molar-refractivity contribution in [2.24, 2.45) is 0 Å². The van der Waals surface area contributed by atoms with Crippen LogP contribution < -0.4 is 10.9 Å². The summed E-state index contributed by atoms with van der Waals surface area (Å²) in [6.07, 6.45) is 1.83. The average Bonchev–Trinajstić information content (AvgIpc) is 2.39. The second kappa shape index (κ2) is 4.94. The van der Waals surface area contributed by atoms with Crippen LogP contribution in [0.4, 0.5) is 0 Å². The molecule has 5 heteroatoms. The van der Waals surface area contributed by atoms with E-state index in [0.29, 0.717) is 16.2 Å². The minimum absolute atomic E-state index is 0.0139. The Hall–Kier alpha value is -1.39. The Morgan fingerprint density at radius 2 is 2.11 bits per heavy atom. The molecule has 0 aliphatic carbocycles. The van der Waals surface area contributed by atoms with Gasteiger partial charge in [0.15, 0.2) is 0 Å². The first-order valence-corrected chi connectivity index (χ1v) is 6.94. The summed E-state index contributed by atoms with van der Waals surface area (Å²) in [6, 6.07) is 5.82. The van der Waals surface area contributed by atoms with Crippen LogP contribution in [-0.2, 0) is 0 Å². The lowest BCUT2D eigenvalue weighted by Crippen LogP contribution is -2.35. The van der Waals surface area contributed by atoms with Gasteiger partial charge in [0.1, 0.15) is 0 Å². The molecule has 1 N–H and O–H groups in total. The molecule has 1 fully saturated rings. The van der Waals surface area contributed by atoms with Gasteiger partial charge in [0.25, 0.3) is 5.56 Å². The molecule has 2 aromatic rings. The normalized spacial score (nSPS) is 16.9. The van der Waals surface area contributed by atoms with Gasteiger partial charge < -0.3 is 5.32 Å². The number of aromatic nitrogens is 2. The third-order valence-corrected chi connectivity index (χ3v) is 4.04. The highest BCUT2D eigenvalue weighted by Crippen LogP contribution is 2.23. The molecular formula is C14H16ClN3O. The molecule has 1 aromatic carbocycles. The number of hydrogen-bond acceptors (Lipinski definition) is 3. The standard InChI is InChI=1S/C14H16ClN3O/c1-9-3-2-4-11-12(9)13(19)18(14(15)17-11)10-5-7-16-8-6-10/h2-4,10,16H,5-8H2,1H3. The molecule has 0 radical (unpaired) electrons. The van der Waals surface area contributed by atoms with Gasteiger partial charge in [0.05, 0.1) is 10.9 Å². The van der Waals surface area contributed by atoms with Crippen molar-refractivity contribution in [2.45, 2.75) is 25.8 Å². The number of benzene rings is 1. The molecule has 0 unspecified atom stereocenters. The summed E-state index contributed by atoms with van der Waals surface area (Å²) in [5.41, 5.74) is 1.62. The van der Waals surface area contributed by atoms with Gasteiger partial charge in [-0.25, -0.2) is 4.98 Å². The fourth-order valence-electron chi connectivity index (χ4n) is 2.76. The Labute approximate surface area is 116 Å². The molecule has 1 aliphatic heterocycles. The van der Waals surface area contributed by atoms with Gasteiger partial charge in [-0.3, -0.25) is 9.36 Å². The molecule has 1 aromatic heterocycles. The summed E-state index contributed by atoms with van der Waals surface area (Å²) < 4.78 is 1.66. The number of piperidine rings is 1. The molecule has 0 spiro atoms. The SMILES string of the molecule is Cc1cccc2nc(Cl)n(C3CCNCC3)c(=O)c12. The van der Waals surface area contributed by atoms with Crippen molar-refractivity contribution in [3.63, 3.8) is 0 Å². The Kier molecular flexibility index (Phi) is 3.29. The zero-order valence-corrected chi connectivity index (χ0v) is 11.6. The number of nitrogens with zero attached hydrogens (tertiary/aromatic N) is 2. The monoisotopic (exact) mass is 277 g/mol. The third-order valence-electron chi connectivity index (χ3n) is 3.77. The Morgan fingerprint density at radius 3 is 2.84 bits per heavy atom. The van der Waals surface area contributed by atoms with Gasteiger partial charge >= 0.3 is 0 Å². The van der Waals surface area contributed by atoms with Crippen LogP contribution in [-0.4, -0.2) is 22.6 Å². The summed E-state index contributed by atoms with van der Waals surface area (Å²) in [7, 11) is 0. The molecular weight excluding hydrogens is 262 g/mol. The highest BCUT2D eigenvalue weighted by Gasteiger charge is 2.21. The average molecular weight is 278 g/mol. The Balaban J connectivity index is 2.24. The second-order valence-corrected chi connectivity index (χ2v) is 5.34. The maximum atomic E-state index is 12.7. The minimum Gasteiger partial charge on any atom is -0.317 e. The van der Waals surface area contributed by atoms with E-state index in [-0.39, 0.29) is 11.6 Å². The third kappa shape index (κ3) is 2.15. The Morgan fingerprint density at radius 1 is 1.37 bits per heavy atom. The number of fused-ring (bicyclic) bond motifs is 1. The van der Waals surface area contributed by atoms with E-state index < -0.39 is 0 Å². The summed E-state index contributed by atoms with van der Waals surface area (Å²) in [4.78, 5) is 17.1. The largest absolute Gasteiger partial charge is 0.317 e. The summed E-state index contributed by atoms with van der Waals surface area (Å²) in [5.74, 6) is 0. The molecule has 0 bridgehead atoms. The maximum absolute atomic E-state index is 12.7. The minimum atomic E-state index is -0.0139. The number of aryl methyl sites for hydroxylation is 1. The van der Waals surface area contributed by atoms with E-state index in [0.717, 1.165) is 31.5 Å². The lowest BCUT2D eigenvalue weighted by Gasteiger charge is -2.25. The first kappa shape index (κ1) is 12.6. The van der Waals surface area contributed by atoms with Gasteiger partial charge in [-0.15, -0.1) is 0 Å². The lowest BCUT2D eigenvalue weighted by atomic mass is 10.1. The molecule has 1 aliphatic rings. The molecule has 4 nitrogen and oxygen atoms in total. The quantitative estimate of drug-likeness (QED) is 0.814. The fourth-order valence-corrected chi connectivity index (χ4v) is 3.07. The first-order valence-electron chi connectivity index (χ1n) is 6.56. The van der Waals surface area contributed by atoms with E-state index in [4.69, 9.17) is 11.6 Å². The highest BCUT2D eigenvalue weighted by atomic mass is 35.5. The maximum Gasteiger partial charge on any atom is 0.262 e. The van der Waals surface area contributed by atoms with Crippen LogP contribution in [0.25, 0.3) is 10.9 Å².